The van der Waals surface area contributed by atoms with E-state index in [0.29, 0.717) is 23.2 Å². The van der Waals surface area contributed by atoms with Crippen LogP contribution in [0, 0.1) is 6.92 Å². The van der Waals surface area contributed by atoms with Crippen molar-refractivity contribution >= 4 is 16.0 Å². The highest BCUT2D eigenvalue weighted by Crippen LogP contribution is 2.28. The minimum Gasteiger partial charge on any atom is -0.478 e. The molecule has 0 saturated heterocycles. The van der Waals surface area contributed by atoms with Crippen LogP contribution in [-0.4, -0.2) is 26.0 Å². The van der Waals surface area contributed by atoms with Crippen molar-refractivity contribution in [2.45, 2.75) is 18.7 Å². The van der Waals surface area contributed by atoms with E-state index in [1.807, 2.05) is 0 Å². The standard InChI is InChI=1S/C16H17NO4S/c1-3-17-22(20,21)12-8-9-13(11(2)10-12)14-6-4-5-7-15(14)16(18)19/h4-10,17H,3H2,1-2H3,(H,18,19). The molecule has 0 aliphatic heterocycles. The Balaban J connectivity index is 2.55. The first-order valence-electron chi connectivity index (χ1n) is 6.80. The monoisotopic (exact) mass is 319 g/mol. The van der Waals surface area contributed by atoms with E-state index in [4.69, 9.17) is 0 Å². The third-order valence-electron chi connectivity index (χ3n) is 3.29. The van der Waals surface area contributed by atoms with E-state index >= 15 is 0 Å². The number of hydrogen-bond donors (Lipinski definition) is 2. The van der Waals surface area contributed by atoms with Crippen LogP contribution in [0.25, 0.3) is 11.1 Å². The summed E-state index contributed by atoms with van der Waals surface area (Å²) in [6.45, 7) is 3.78. The lowest BCUT2D eigenvalue weighted by Gasteiger charge is -2.11. The highest BCUT2D eigenvalue weighted by molar-refractivity contribution is 7.89. The number of sulfonamides is 1. The van der Waals surface area contributed by atoms with E-state index in [0.717, 1.165) is 0 Å². The Bertz CT molecular complexity index is 813. The quantitative estimate of drug-likeness (QED) is 0.887. The zero-order valence-electron chi connectivity index (χ0n) is 12.3. The Morgan fingerprint density at radius 1 is 1.14 bits per heavy atom. The number of hydrogen-bond acceptors (Lipinski definition) is 3. The molecule has 0 unspecified atom stereocenters. The van der Waals surface area contributed by atoms with Gasteiger partial charge < -0.3 is 5.11 Å². The van der Waals surface area contributed by atoms with Crippen LogP contribution in [0.5, 0.6) is 0 Å². The van der Waals surface area contributed by atoms with Gasteiger partial charge in [0.15, 0.2) is 0 Å². The average molecular weight is 319 g/mol. The van der Waals surface area contributed by atoms with Crippen LogP contribution < -0.4 is 4.72 Å². The van der Waals surface area contributed by atoms with Gasteiger partial charge in [-0.2, -0.15) is 0 Å². The molecular formula is C16H17NO4S. The van der Waals surface area contributed by atoms with E-state index in [-0.39, 0.29) is 10.5 Å². The van der Waals surface area contributed by atoms with Gasteiger partial charge in [0, 0.05) is 6.54 Å². The maximum absolute atomic E-state index is 12.0. The number of carboxylic acids is 1. The lowest BCUT2D eigenvalue weighted by molar-refractivity contribution is 0.0697. The maximum atomic E-state index is 12.0. The fourth-order valence-corrected chi connectivity index (χ4v) is 3.41. The van der Waals surface area contributed by atoms with Crippen LogP contribution in [0.15, 0.2) is 47.4 Å². The molecule has 6 heteroatoms. The van der Waals surface area contributed by atoms with Crippen molar-refractivity contribution in [1.82, 2.24) is 4.72 Å². The van der Waals surface area contributed by atoms with Crippen LogP contribution >= 0.6 is 0 Å². The summed E-state index contributed by atoms with van der Waals surface area (Å²) < 4.78 is 26.4. The zero-order valence-corrected chi connectivity index (χ0v) is 13.1. The number of nitrogens with one attached hydrogen (secondary N) is 1. The third kappa shape index (κ3) is 3.18. The predicted octanol–water partition coefficient (Wildman–Crippen LogP) is 2.66. The van der Waals surface area contributed by atoms with Crippen molar-refractivity contribution in [3.05, 3.63) is 53.6 Å². The maximum Gasteiger partial charge on any atom is 0.336 e. The van der Waals surface area contributed by atoms with Crippen LogP contribution in [0.3, 0.4) is 0 Å². The van der Waals surface area contributed by atoms with E-state index < -0.39 is 16.0 Å². The molecule has 116 valence electrons. The molecule has 0 aliphatic carbocycles. The van der Waals surface area contributed by atoms with E-state index in [1.54, 1.807) is 44.2 Å². The SMILES string of the molecule is CCNS(=O)(=O)c1ccc(-c2ccccc2C(=O)O)c(C)c1. The van der Waals surface area contributed by atoms with E-state index in [1.165, 1.54) is 12.1 Å². The Morgan fingerprint density at radius 3 is 2.41 bits per heavy atom. The summed E-state index contributed by atoms with van der Waals surface area (Å²) in [7, 11) is -3.52. The summed E-state index contributed by atoms with van der Waals surface area (Å²) in [6, 6.07) is 11.3. The molecule has 0 fully saturated rings. The molecule has 0 aliphatic rings. The molecule has 0 heterocycles. The smallest absolute Gasteiger partial charge is 0.336 e. The first kappa shape index (κ1) is 16.2. The minimum absolute atomic E-state index is 0.170. The number of aromatic carboxylic acids is 1. The molecule has 0 saturated carbocycles. The van der Waals surface area contributed by atoms with Crippen LogP contribution in [-0.2, 0) is 10.0 Å². The lowest BCUT2D eigenvalue weighted by Crippen LogP contribution is -2.23. The second kappa shape index (κ2) is 6.29. The van der Waals surface area contributed by atoms with Gasteiger partial charge in [0.05, 0.1) is 10.5 Å². The van der Waals surface area contributed by atoms with Gasteiger partial charge >= 0.3 is 5.97 Å². The Hall–Kier alpha value is -2.18. The van der Waals surface area contributed by atoms with Gasteiger partial charge in [-0.05, 0) is 41.8 Å². The summed E-state index contributed by atoms with van der Waals surface area (Å²) in [6.07, 6.45) is 0. The highest BCUT2D eigenvalue weighted by atomic mass is 32.2. The van der Waals surface area contributed by atoms with Crippen LogP contribution in [0.4, 0.5) is 0 Å². The first-order chi connectivity index (χ1) is 10.4. The van der Waals surface area contributed by atoms with Crippen LogP contribution in [0.2, 0.25) is 0 Å². The molecule has 2 aromatic rings. The normalized spacial score (nSPS) is 11.4. The second-order valence-corrected chi connectivity index (χ2v) is 6.60. The van der Waals surface area contributed by atoms with Crippen molar-refractivity contribution in [2.24, 2.45) is 0 Å². The van der Waals surface area contributed by atoms with Crippen LogP contribution in [0.1, 0.15) is 22.8 Å². The van der Waals surface area contributed by atoms with Crippen molar-refractivity contribution in [1.29, 1.82) is 0 Å². The summed E-state index contributed by atoms with van der Waals surface area (Å²) in [5.41, 5.74) is 2.16. The summed E-state index contributed by atoms with van der Waals surface area (Å²) in [5.74, 6) is -1.01. The lowest BCUT2D eigenvalue weighted by atomic mass is 9.96. The van der Waals surface area contributed by atoms with Gasteiger partial charge in [-0.1, -0.05) is 31.2 Å². The van der Waals surface area contributed by atoms with Crippen molar-refractivity contribution in [3.63, 3.8) is 0 Å². The number of aryl methyl sites for hydroxylation is 1. The molecule has 0 amide bonds. The predicted molar refractivity (Wildman–Crippen MR) is 84.4 cm³/mol. The van der Waals surface area contributed by atoms with Crippen molar-refractivity contribution in [3.8, 4) is 11.1 Å². The molecule has 2 rings (SSSR count). The molecule has 2 N–H and O–H groups in total. The molecule has 2 aromatic carbocycles. The summed E-state index contributed by atoms with van der Waals surface area (Å²) in [5, 5.41) is 9.27. The van der Waals surface area contributed by atoms with E-state index in [9.17, 15) is 18.3 Å². The minimum atomic E-state index is -3.52. The first-order valence-corrected chi connectivity index (χ1v) is 8.28. The second-order valence-electron chi connectivity index (χ2n) is 4.83. The zero-order chi connectivity index (χ0) is 16.3. The van der Waals surface area contributed by atoms with Gasteiger partial charge in [-0.25, -0.2) is 17.9 Å². The average Bonchev–Trinajstić information content (AvgIpc) is 2.47. The Kier molecular flexibility index (Phi) is 4.63. The largest absolute Gasteiger partial charge is 0.478 e. The summed E-state index contributed by atoms with van der Waals surface area (Å²) in [4.78, 5) is 11.5. The number of rotatable bonds is 5. The van der Waals surface area contributed by atoms with E-state index in [2.05, 4.69) is 4.72 Å². The van der Waals surface area contributed by atoms with Crippen molar-refractivity contribution < 1.29 is 18.3 Å². The van der Waals surface area contributed by atoms with Gasteiger partial charge in [0.1, 0.15) is 0 Å². The fourth-order valence-electron chi connectivity index (χ4n) is 2.28. The molecule has 0 spiro atoms. The molecule has 22 heavy (non-hydrogen) atoms. The molecule has 5 nitrogen and oxygen atoms in total. The molecular weight excluding hydrogens is 302 g/mol. The summed E-state index contributed by atoms with van der Waals surface area (Å²) >= 11 is 0. The third-order valence-corrected chi connectivity index (χ3v) is 4.83. The topological polar surface area (TPSA) is 83.5 Å². The van der Waals surface area contributed by atoms with Gasteiger partial charge in [-0.15, -0.1) is 0 Å². The Labute approximate surface area is 129 Å². The van der Waals surface area contributed by atoms with Crippen molar-refractivity contribution in [2.75, 3.05) is 6.54 Å². The van der Waals surface area contributed by atoms with Gasteiger partial charge in [0.2, 0.25) is 10.0 Å². The molecule has 0 radical (unpaired) electrons. The molecule has 0 atom stereocenters. The molecule has 0 aromatic heterocycles. The number of benzene rings is 2. The fraction of sp³-hybridized carbons (Fsp3) is 0.188. The number of carbonyl (C=O) groups is 1. The van der Waals surface area contributed by atoms with Gasteiger partial charge in [-0.3, -0.25) is 0 Å². The Morgan fingerprint density at radius 2 is 1.82 bits per heavy atom. The highest BCUT2D eigenvalue weighted by Gasteiger charge is 2.16. The van der Waals surface area contributed by atoms with Gasteiger partial charge in [0.25, 0.3) is 0 Å². The number of carboxylic acid groups (broad SMARTS) is 1. The molecule has 0 bridgehead atoms.